The van der Waals surface area contributed by atoms with Crippen LogP contribution < -0.4 is 4.74 Å². The lowest BCUT2D eigenvalue weighted by Gasteiger charge is -2.32. The van der Waals surface area contributed by atoms with Gasteiger partial charge in [-0.1, -0.05) is 5.21 Å². The summed E-state index contributed by atoms with van der Waals surface area (Å²) in [6.45, 7) is 7.43. The topological polar surface area (TPSA) is 95.3 Å². The lowest BCUT2D eigenvalue weighted by molar-refractivity contribution is 0.0204. The van der Waals surface area contributed by atoms with Gasteiger partial charge in [0.25, 0.3) is 0 Å². The Hall–Kier alpha value is -3.01. The maximum Gasteiger partial charge on any atom is 0.410 e. The number of ether oxygens (including phenoxy) is 2. The molecule has 4 rings (SSSR count). The first-order valence-electron chi connectivity index (χ1n) is 10.3. The number of aromatic nitrogens is 5. The van der Waals surface area contributed by atoms with Gasteiger partial charge in [0.1, 0.15) is 18.0 Å². The number of hydrogen-bond donors (Lipinski definition) is 0. The van der Waals surface area contributed by atoms with Crippen molar-refractivity contribution in [1.29, 1.82) is 0 Å². The Labute approximate surface area is 185 Å². The highest BCUT2D eigenvalue weighted by Crippen LogP contribution is 2.31. The number of likely N-dealkylation sites (tertiary alicyclic amines) is 1. The summed E-state index contributed by atoms with van der Waals surface area (Å²) in [7, 11) is 0. The SMILES string of the molecule is CC(C)(C)OC(=O)N1CCC(c2nc(COc3ccc(-n4ccnn4)nc3)cs2)CC1. The summed E-state index contributed by atoms with van der Waals surface area (Å²) in [6.07, 6.45) is 6.55. The fourth-order valence-electron chi connectivity index (χ4n) is 3.29. The molecular formula is C21H26N6O3S. The Bertz CT molecular complexity index is 989. The fourth-order valence-corrected chi connectivity index (χ4v) is 4.27. The minimum absolute atomic E-state index is 0.234. The zero-order chi connectivity index (χ0) is 21.8. The van der Waals surface area contributed by atoms with Crippen molar-refractivity contribution in [3.05, 3.63) is 46.8 Å². The van der Waals surface area contributed by atoms with E-state index in [4.69, 9.17) is 14.5 Å². The van der Waals surface area contributed by atoms with Crippen molar-refractivity contribution in [2.24, 2.45) is 0 Å². The van der Waals surface area contributed by atoms with Gasteiger partial charge in [0.05, 0.1) is 29.3 Å². The van der Waals surface area contributed by atoms with E-state index in [0.717, 1.165) is 23.5 Å². The van der Waals surface area contributed by atoms with Crippen molar-refractivity contribution in [2.75, 3.05) is 13.1 Å². The number of hydrogen-bond acceptors (Lipinski definition) is 8. The molecule has 9 nitrogen and oxygen atoms in total. The van der Waals surface area contributed by atoms with Crippen LogP contribution in [0.25, 0.3) is 5.82 Å². The van der Waals surface area contributed by atoms with E-state index in [0.29, 0.717) is 37.2 Å². The average Bonchev–Trinajstić information content (AvgIpc) is 3.44. The highest BCUT2D eigenvalue weighted by Gasteiger charge is 2.28. The van der Waals surface area contributed by atoms with Crippen LogP contribution in [0.2, 0.25) is 0 Å². The van der Waals surface area contributed by atoms with E-state index < -0.39 is 5.60 Å². The molecule has 0 atom stereocenters. The van der Waals surface area contributed by atoms with E-state index in [-0.39, 0.29) is 6.09 Å². The third kappa shape index (κ3) is 5.57. The molecule has 3 aromatic heterocycles. The van der Waals surface area contributed by atoms with E-state index in [2.05, 4.69) is 15.3 Å². The summed E-state index contributed by atoms with van der Waals surface area (Å²) in [4.78, 5) is 23.1. The number of rotatable bonds is 5. The zero-order valence-electron chi connectivity index (χ0n) is 17.9. The van der Waals surface area contributed by atoms with Gasteiger partial charge < -0.3 is 14.4 Å². The van der Waals surface area contributed by atoms with Crippen LogP contribution in [0.1, 0.15) is 50.2 Å². The van der Waals surface area contributed by atoms with Crippen LogP contribution in [-0.4, -0.2) is 54.6 Å². The van der Waals surface area contributed by atoms with Crippen LogP contribution in [0.4, 0.5) is 4.79 Å². The molecule has 1 fully saturated rings. The minimum atomic E-state index is -0.468. The summed E-state index contributed by atoms with van der Waals surface area (Å²) < 4.78 is 12.9. The molecule has 1 aliphatic rings. The highest BCUT2D eigenvalue weighted by atomic mass is 32.1. The second-order valence-corrected chi connectivity index (χ2v) is 9.30. The van der Waals surface area contributed by atoms with Crippen LogP contribution in [0, 0.1) is 0 Å². The van der Waals surface area contributed by atoms with Crippen molar-refractivity contribution in [2.45, 2.75) is 51.7 Å². The summed E-state index contributed by atoms with van der Waals surface area (Å²) >= 11 is 1.65. The minimum Gasteiger partial charge on any atom is -0.486 e. The maximum absolute atomic E-state index is 12.2. The first-order chi connectivity index (χ1) is 14.9. The Morgan fingerprint density at radius 1 is 1.26 bits per heavy atom. The second-order valence-electron chi connectivity index (χ2n) is 8.41. The highest BCUT2D eigenvalue weighted by molar-refractivity contribution is 7.09. The average molecular weight is 443 g/mol. The zero-order valence-corrected chi connectivity index (χ0v) is 18.7. The molecule has 4 heterocycles. The van der Waals surface area contributed by atoms with E-state index in [1.807, 2.05) is 38.3 Å². The first-order valence-corrected chi connectivity index (χ1v) is 11.1. The standard InChI is InChI=1S/C21H26N6O3S/c1-21(2,3)30-20(28)26-9-6-15(7-10-26)19-24-16(14-31-19)13-29-17-4-5-18(22-12-17)27-11-8-23-25-27/h4-5,8,11-12,14-15H,6-7,9-10,13H2,1-3H3. The lowest BCUT2D eigenvalue weighted by Crippen LogP contribution is -2.41. The summed E-state index contributed by atoms with van der Waals surface area (Å²) in [5.74, 6) is 1.71. The quantitative estimate of drug-likeness (QED) is 0.593. The molecule has 0 saturated carbocycles. The molecular weight excluding hydrogens is 416 g/mol. The molecule has 0 bridgehead atoms. The molecule has 0 aliphatic carbocycles. The largest absolute Gasteiger partial charge is 0.486 e. The summed E-state index contributed by atoms with van der Waals surface area (Å²) in [5.41, 5.74) is 0.430. The van der Waals surface area contributed by atoms with Crippen molar-refractivity contribution < 1.29 is 14.3 Å². The molecule has 1 amide bonds. The Balaban J connectivity index is 1.27. The molecule has 164 valence electrons. The molecule has 0 aromatic carbocycles. The number of carbonyl (C=O) groups is 1. The van der Waals surface area contributed by atoms with Gasteiger partial charge >= 0.3 is 6.09 Å². The first kappa shape index (κ1) is 21.2. The third-order valence-electron chi connectivity index (χ3n) is 4.83. The van der Waals surface area contributed by atoms with Crippen molar-refractivity contribution in [3.8, 4) is 11.6 Å². The van der Waals surface area contributed by atoms with Crippen LogP contribution in [0.3, 0.4) is 0 Å². The van der Waals surface area contributed by atoms with Crippen LogP contribution in [0.5, 0.6) is 5.75 Å². The number of carbonyl (C=O) groups excluding carboxylic acids is 1. The van der Waals surface area contributed by atoms with Crippen molar-refractivity contribution in [1.82, 2.24) is 29.9 Å². The van der Waals surface area contributed by atoms with Crippen LogP contribution >= 0.6 is 11.3 Å². The van der Waals surface area contributed by atoms with Gasteiger partial charge in [0.2, 0.25) is 0 Å². The molecule has 3 aromatic rings. The molecule has 10 heteroatoms. The Kier molecular flexibility index (Phi) is 6.17. The van der Waals surface area contributed by atoms with Crippen molar-refractivity contribution in [3.63, 3.8) is 0 Å². The number of amides is 1. The van der Waals surface area contributed by atoms with Gasteiger partial charge in [0.15, 0.2) is 5.82 Å². The number of thiazole rings is 1. The molecule has 0 unspecified atom stereocenters. The van der Waals surface area contributed by atoms with Gasteiger partial charge in [-0.15, -0.1) is 16.4 Å². The molecule has 0 N–H and O–H groups in total. The molecule has 0 radical (unpaired) electrons. The van der Waals surface area contributed by atoms with E-state index in [1.54, 1.807) is 39.5 Å². The molecule has 1 saturated heterocycles. The normalized spacial score (nSPS) is 15.1. The number of piperidine rings is 1. The van der Waals surface area contributed by atoms with Crippen LogP contribution in [0.15, 0.2) is 36.1 Å². The Morgan fingerprint density at radius 3 is 2.71 bits per heavy atom. The van der Waals surface area contributed by atoms with E-state index in [1.165, 1.54) is 0 Å². The number of nitrogens with zero attached hydrogens (tertiary/aromatic N) is 6. The summed E-state index contributed by atoms with van der Waals surface area (Å²) in [5, 5.41) is 10.8. The van der Waals surface area contributed by atoms with Gasteiger partial charge in [-0.3, -0.25) is 0 Å². The smallest absolute Gasteiger partial charge is 0.410 e. The number of pyridine rings is 1. The third-order valence-corrected chi connectivity index (χ3v) is 5.89. The predicted octanol–water partition coefficient (Wildman–Crippen LogP) is 3.81. The van der Waals surface area contributed by atoms with E-state index >= 15 is 0 Å². The van der Waals surface area contributed by atoms with Crippen molar-refractivity contribution >= 4 is 17.4 Å². The lowest BCUT2D eigenvalue weighted by atomic mass is 9.98. The van der Waals surface area contributed by atoms with Gasteiger partial charge in [-0.05, 0) is 45.7 Å². The van der Waals surface area contributed by atoms with Gasteiger partial charge in [0, 0.05) is 24.4 Å². The predicted molar refractivity (Wildman–Crippen MR) is 115 cm³/mol. The van der Waals surface area contributed by atoms with Gasteiger partial charge in [-0.25, -0.2) is 19.4 Å². The molecule has 0 spiro atoms. The van der Waals surface area contributed by atoms with E-state index in [9.17, 15) is 4.79 Å². The van der Waals surface area contributed by atoms with Gasteiger partial charge in [-0.2, -0.15) is 0 Å². The van der Waals surface area contributed by atoms with Crippen LogP contribution in [-0.2, 0) is 11.3 Å². The fraction of sp³-hybridized carbons (Fsp3) is 0.476. The molecule has 1 aliphatic heterocycles. The maximum atomic E-state index is 12.2. The monoisotopic (exact) mass is 442 g/mol. The Morgan fingerprint density at radius 2 is 2.06 bits per heavy atom. The second kappa shape index (κ2) is 9.01. The summed E-state index contributed by atoms with van der Waals surface area (Å²) in [6, 6.07) is 3.68. The molecule has 31 heavy (non-hydrogen) atoms.